The molecule has 7 nitrogen and oxygen atoms in total. The Labute approximate surface area is 217 Å². The molecule has 3 aliphatic rings. The Morgan fingerprint density at radius 1 is 1.14 bits per heavy atom. The highest BCUT2D eigenvalue weighted by molar-refractivity contribution is 6.05. The van der Waals surface area contributed by atoms with Gasteiger partial charge in [-0.2, -0.15) is 0 Å². The van der Waals surface area contributed by atoms with Crippen LogP contribution >= 0.6 is 0 Å². The van der Waals surface area contributed by atoms with Gasteiger partial charge in [-0.05, 0) is 43.0 Å². The standard InChI is InChI=1S/C29H33FN4O3/c1-18-27(19(2)33-15-14-21(17-33)23-12-11-22(30)16-31-23)29(35)34(26(32-18)13-10-20-8-9-20)28-24(36-3)6-5-7-25(28)37-4/h5-7,11-12,16,20-21,35H,1-2,8-10,13-15,17H2,3-4H3. The van der Waals surface area contributed by atoms with Crippen LogP contribution in [0.25, 0.3) is 0 Å². The van der Waals surface area contributed by atoms with Crippen molar-refractivity contribution in [2.75, 3.05) is 32.2 Å². The summed E-state index contributed by atoms with van der Waals surface area (Å²) < 4.78 is 24.7. The maximum atomic E-state index is 13.4. The molecule has 0 bridgehead atoms. The van der Waals surface area contributed by atoms with E-state index >= 15 is 0 Å². The quantitative estimate of drug-likeness (QED) is 0.456. The molecule has 8 heteroatoms. The molecule has 5 rings (SSSR count). The van der Waals surface area contributed by atoms with Crippen molar-refractivity contribution in [3.63, 3.8) is 0 Å². The lowest BCUT2D eigenvalue weighted by Crippen LogP contribution is -2.36. The summed E-state index contributed by atoms with van der Waals surface area (Å²) in [6, 6.07) is 8.69. The highest BCUT2D eigenvalue weighted by Crippen LogP contribution is 2.45. The van der Waals surface area contributed by atoms with Crippen molar-refractivity contribution in [1.82, 2.24) is 9.88 Å². The van der Waals surface area contributed by atoms with E-state index in [1.54, 1.807) is 25.2 Å². The lowest BCUT2D eigenvalue weighted by atomic mass is 10.0. The van der Waals surface area contributed by atoms with Gasteiger partial charge in [0.2, 0.25) is 5.88 Å². The minimum absolute atomic E-state index is 0.00181. The first kappa shape index (κ1) is 24.9. The number of ether oxygens (including phenoxy) is 2. The van der Waals surface area contributed by atoms with Crippen LogP contribution in [0.1, 0.15) is 43.7 Å². The monoisotopic (exact) mass is 504 g/mol. The number of hydrogen-bond acceptors (Lipinski definition) is 7. The third-order valence-corrected chi connectivity index (χ3v) is 7.37. The van der Waals surface area contributed by atoms with Gasteiger partial charge in [-0.1, -0.05) is 32.1 Å². The largest absolute Gasteiger partial charge is 0.494 e. The van der Waals surface area contributed by atoms with Crippen molar-refractivity contribution in [1.29, 1.82) is 0 Å². The van der Waals surface area contributed by atoms with E-state index in [1.807, 2.05) is 18.2 Å². The Bertz CT molecular complexity index is 1240. The normalized spacial score (nSPS) is 19.8. The van der Waals surface area contributed by atoms with Gasteiger partial charge in [0.1, 0.15) is 28.8 Å². The van der Waals surface area contributed by atoms with Crippen molar-refractivity contribution in [2.45, 2.75) is 38.0 Å². The number of pyridine rings is 1. The van der Waals surface area contributed by atoms with Gasteiger partial charge in [0.25, 0.3) is 0 Å². The number of benzene rings is 1. The Morgan fingerprint density at radius 2 is 1.86 bits per heavy atom. The van der Waals surface area contributed by atoms with Crippen molar-refractivity contribution >= 4 is 11.5 Å². The number of aromatic nitrogens is 1. The van der Waals surface area contributed by atoms with Crippen LogP contribution in [0.3, 0.4) is 0 Å². The Kier molecular flexibility index (Phi) is 6.91. The van der Waals surface area contributed by atoms with E-state index in [-0.39, 0.29) is 17.6 Å². The number of halogens is 1. The zero-order valence-corrected chi connectivity index (χ0v) is 21.4. The molecular weight excluding hydrogens is 471 g/mol. The maximum Gasteiger partial charge on any atom is 0.209 e. The van der Waals surface area contributed by atoms with E-state index in [0.717, 1.165) is 25.1 Å². The number of aliphatic hydroxyl groups is 1. The van der Waals surface area contributed by atoms with Gasteiger partial charge in [-0.25, -0.2) is 9.38 Å². The molecule has 1 aromatic carbocycles. The molecule has 0 amide bonds. The topological polar surface area (TPSA) is 70.4 Å². The van der Waals surface area contributed by atoms with Crippen LogP contribution < -0.4 is 14.4 Å². The average Bonchev–Trinajstić information content (AvgIpc) is 3.60. The number of amidine groups is 1. The molecule has 2 fully saturated rings. The summed E-state index contributed by atoms with van der Waals surface area (Å²) in [5.41, 5.74) is 3.03. The van der Waals surface area contributed by atoms with E-state index < -0.39 is 0 Å². The van der Waals surface area contributed by atoms with Crippen LogP contribution in [-0.2, 0) is 0 Å². The molecule has 0 spiro atoms. The molecule has 1 atom stereocenters. The van der Waals surface area contributed by atoms with Crippen LogP contribution in [0, 0.1) is 11.7 Å². The van der Waals surface area contributed by atoms with E-state index in [9.17, 15) is 9.50 Å². The Balaban J connectivity index is 1.49. The Hall–Kier alpha value is -3.81. The maximum absolute atomic E-state index is 13.4. The number of anilines is 1. The second-order valence-electron chi connectivity index (χ2n) is 9.78. The molecule has 1 saturated carbocycles. The third kappa shape index (κ3) is 4.92. The predicted molar refractivity (Wildman–Crippen MR) is 142 cm³/mol. The van der Waals surface area contributed by atoms with Gasteiger partial charge in [-0.15, -0.1) is 0 Å². The summed E-state index contributed by atoms with van der Waals surface area (Å²) in [7, 11) is 3.19. The molecule has 1 saturated heterocycles. The lowest BCUT2D eigenvalue weighted by Gasteiger charge is -2.34. The minimum Gasteiger partial charge on any atom is -0.494 e. The van der Waals surface area contributed by atoms with Crippen LogP contribution in [0.15, 0.2) is 77.5 Å². The van der Waals surface area contributed by atoms with Gasteiger partial charge < -0.3 is 19.5 Å². The van der Waals surface area contributed by atoms with Gasteiger partial charge in [-0.3, -0.25) is 9.88 Å². The molecular formula is C29H33FN4O3. The van der Waals surface area contributed by atoms with Gasteiger partial charge >= 0.3 is 0 Å². The molecule has 2 aliphatic heterocycles. The number of aliphatic hydroxyl groups excluding tert-OH is 1. The number of para-hydroxylation sites is 1. The van der Waals surface area contributed by atoms with Gasteiger partial charge in [0, 0.05) is 36.8 Å². The lowest BCUT2D eigenvalue weighted by molar-refractivity contribution is 0.370. The fourth-order valence-electron chi connectivity index (χ4n) is 5.15. The molecule has 0 radical (unpaired) electrons. The summed E-state index contributed by atoms with van der Waals surface area (Å²) >= 11 is 0. The van der Waals surface area contributed by atoms with Crippen molar-refractivity contribution in [2.24, 2.45) is 10.9 Å². The average molecular weight is 505 g/mol. The van der Waals surface area contributed by atoms with E-state index in [0.29, 0.717) is 58.9 Å². The minimum atomic E-state index is -0.348. The molecule has 1 aliphatic carbocycles. The number of hydrogen-bond donors (Lipinski definition) is 1. The first-order chi connectivity index (χ1) is 17.9. The second kappa shape index (κ2) is 10.3. The fraction of sp³-hybridized carbons (Fsp3) is 0.379. The summed E-state index contributed by atoms with van der Waals surface area (Å²) in [5.74, 6) is 2.31. The number of aliphatic imine (C=N–C) groups is 1. The van der Waals surface area contributed by atoms with Crippen molar-refractivity contribution < 1.29 is 19.0 Å². The summed E-state index contributed by atoms with van der Waals surface area (Å²) in [5, 5.41) is 11.8. The number of likely N-dealkylation sites (tertiary alicyclic amines) is 1. The van der Waals surface area contributed by atoms with E-state index in [4.69, 9.17) is 14.5 Å². The van der Waals surface area contributed by atoms with Crippen molar-refractivity contribution in [3.05, 3.63) is 84.0 Å². The first-order valence-corrected chi connectivity index (χ1v) is 12.7. The molecule has 2 aromatic rings. The zero-order valence-electron chi connectivity index (χ0n) is 21.4. The predicted octanol–water partition coefficient (Wildman–Crippen LogP) is 5.93. The third-order valence-electron chi connectivity index (χ3n) is 7.37. The second-order valence-corrected chi connectivity index (χ2v) is 9.78. The highest BCUT2D eigenvalue weighted by Gasteiger charge is 2.36. The summed E-state index contributed by atoms with van der Waals surface area (Å²) in [6.07, 6.45) is 6.24. The molecule has 3 heterocycles. The van der Waals surface area contributed by atoms with E-state index in [1.165, 1.54) is 25.1 Å². The van der Waals surface area contributed by atoms with Crippen LogP contribution in [-0.4, -0.2) is 48.1 Å². The zero-order chi connectivity index (χ0) is 26.1. The fourth-order valence-corrected chi connectivity index (χ4v) is 5.15. The summed E-state index contributed by atoms with van der Waals surface area (Å²) in [4.78, 5) is 13.0. The smallest absolute Gasteiger partial charge is 0.209 e. The molecule has 194 valence electrons. The van der Waals surface area contributed by atoms with Gasteiger partial charge in [0.05, 0.1) is 31.7 Å². The van der Waals surface area contributed by atoms with E-state index in [2.05, 4.69) is 23.0 Å². The highest BCUT2D eigenvalue weighted by atomic mass is 19.1. The molecule has 1 unspecified atom stereocenters. The SMILES string of the molecule is C=C1N=C(CCC2CC2)N(c2c(OC)cccc2OC)C(O)=C1C(=C)N1CCC(c2ccc(F)cn2)C1. The molecule has 1 aromatic heterocycles. The van der Waals surface area contributed by atoms with Crippen LogP contribution in [0.2, 0.25) is 0 Å². The number of rotatable bonds is 9. The summed E-state index contributed by atoms with van der Waals surface area (Å²) in [6.45, 7) is 9.91. The van der Waals surface area contributed by atoms with Gasteiger partial charge in [0.15, 0.2) is 0 Å². The van der Waals surface area contributed by atoms with Crippen LogP contribution in [0.4, 0.5) is 10.1 Å². The number of nitrogens with zero attached hydrogens (tertiary/aromatic N) is 4. The molecule has 1 N–H and O–H groups in total. The Morgan fingerprint density at radius 3 is 2.49 bits per heavy atom. The van der Waals surface area contributed by atoms with Crippen LogP contribution in [0.5, 0.6) is 11.5 Å². The number of methoxy groups -OCH3 is 2. The first-order valence-electron chi connectivity index (χ1n) is 12.7. The van der Waals surface area contributed by atoms with Crippen molar-refractivity contribution in [3.8, 4) is 11.5 Å². The molecule has 37 heavy (non-hydrogen) atoms.